The molecule has 5 nitrogen and oxygen atoms in total. The molecule has 2 heterocycles. The maximum absolute atomic E-state index is 11.8. The van der Waals surface area contributed by atoms with Gasteiger partial charge < -0.3 is 14.1 Å². The number of phenols is 1. The number of phenolic OH excluding ortho intramolecular Hbond substituents is 1. The van der Waals surface area contributed by atoms with Gasteiger partial charge in [0.05, 0.1) is 12.9 Å². The van der Waals surface area contributed by atoms with Gasteiger partial charge in [0, 0.05) is 12.4 Å². The van der Waals surface area contributed by atoms with E-state index in [0.29, 0.717) is 17.7 Å². The maximum Gasteiger partial charge on any atom is 0.347 e. The van der Waals surface area contributed by atoms with E-state index in [1.807, 2.05) is 0 Å². The zero-order chi connectivity index (χ0) is 12.5. The second kappa shape index (κ2) is 4.03. The zero-order valence-electron chi connectivity index (χ0n) is 9.41. The molecule has 0 aliphatic carbocycles. The van der Waals surface area contributed by atoms with E-state index in [9.17, 15) is 9.90 Å². The average molecular weight is 242 g/mol. The summed E-state index contributed by atoms with van der Waals surface area (Å²) in [6.07, 6.45) is 5.09. The lowest BCUT2D eigenvalue weighted by molar-refractivity contribution is 0.446. The predicted molar refractivity (Wildman–Crippen MR) is 65.5 cm³/mol. The van der Waals surface area contributed by atoms with E-state index in [4.69, 9.17) is 4.42 Å². The van der Waals surface area contributed by atoms with Gasteiger partial charge in [-0.2, -0.15) is 0 Å². The van der Waals surface area contributed by atoms with Crippen LogP contribution in [-0.2, 0) is 6.54 Å². The summed E-state index contributed by atoms with van der Waals surface area (Å²) in [5.41, 5.74) is -0.527. The van der Waals surface area contributed by atoms with Crippen LogP contribution in [0, 0.1) is 0 Å². The van der Waals surface area contributed by atoms with Crippen LogP contribution >= 0.6 is 0 Å². The molecule has 0 aliphatic heterocycles. The van der Waals surface area contributed by atoms with Crippen molar-refractivity contribution in [1.29, 1.82) is 0 Å². The maximum atomic E-state index is 11.8. The molecule has 0 saturated heterocycles. The number of aromatic nitrogens is 2. The van der Waals surface area contributed by atoms with Crippen LogP contribution in [0.2, 0.25) is 0 Å². The first kappa shape index (κ1) is 10.6. The van der Waals surface area contributed by atoms with Crippen LogP contribution in [0.1, 0.15) is 5.76 Å². The lowest BCUT2D eigenvalue weighted by Crippen LogP contribution is -2.05. The van der Waals surface area contributed by atoms with Crippen LogP contribution < -0.4 is 5.63 Å². The molecule has 0 spiro atoms. The van der Waals surface area contributed by atoms with Crippen molar-refractivity contribution >= 4 is 10.8 Å². The van der Waals surface area contributed by atoms with Gasteiger partial charge in [-0.05, 0) is 17.5 Å². The molecule has 0 bridgehead atoms. The van der Waals surface area contributed by atoms with Gasteiger partial charge in [0.2, 0.25) is 0 Å². The Morgan fingerprint density at radius 2 is 2.28 bits per heavy atom. The SMILES string of the molecule is O=c1oc(Cn2ccnc2)cc2cccc(O)c12. The molecule has 90 valence electrons. The highest BCUT2D eigenvalue weighted by Crippen LogP contribution is 2.21. The van der Waals surface area contributed by atoms with Crippen LogP contribution in [0.3, 0.4) is 0 Å². The van der Waals surface area contributed by atoms with E-state index >= 15 is 0 Å². The van der Waals surface area contributed by atoms with Gasteiger partial charge in [-0.25, -0.2) is 9.78 Å². The molecule has 1 aromatic carbocycles. The fourth-order valence-electron chi connectivity index (χ4n) is 1.91. The third-order valence-electron chi connectivity index (χ3n) is 2.72. The molecule has 18 heavy (non-hydrogen) atoms. The van der Waals surface area contributed by atoms with Crippen molar-refractivity contribution in [3.63, 3.8) is 0 Å². The molecule has 1 N–H and O–H groups in total. The van der Waals surface area contributed by atoms with Gasteiger partial charge in [0.15, 0.2) is 0 Å². The minimum Gasteiger partial charge on any atom is -0.507 e. The van der Waals surface area contributed by atoms with Gasteiger partial charge in [-0.1, -0.05) is 12.1 Å². The minimum atomic E-state index is -0.527. The molecule has 0 radical (unpaired) electrons. The molecule has 0 unspecified atom stereocenters. The van der Waals surface area contributed by atoms with Crippen LogP contribution in [-0.4, -0.2) is 14.7 Å². The summed E-state index contributed by atoms with van der Waals surface area (Å²) in [5, 5.41) is 10.5. The van der Waals surface area contributed by atoms with E-state index in [0.717, 1.165) is 0 Å². The van der Waals surface area contributed by atoms with Crippen molar-refractivity contribution < 1.29 is 9.52 Å². The van der Waals surface area contributed by atoms with Crippen molar-refractivity contribution in [2.24, 2.45) is 0 Å². The standard InChI is InChI=1S/C13H10N2O3/c16-11-3-1-2-9-6-10(18-13(17)12(9)11)7-15-5-4-14-8-15/h1-6,8,16H,7H2. The molecule has 0 saturated carbocycles. The van der Waals surface area contributed by atoms with Crippen molar-refractivity contribution in [3.05, 3.63) is 59.2 Å². The number of imidazole rings is 1. The first-order valence-corrected chi connectivity index (χ1v) is 5.44. The largest absolute Gasteiger partial charge is 0.507 e. The second-order valence-corrected chi connectivity index (χ2v) is 3.98. The summed E-state index contributed by atoms with van der Waals surface area (Å²) in [5.74, 6) is 0.464. The number of aromatic hydroxyl groups is 1. The van der Waals surface area contributed by atoms with Gasteiger partial charge in [0.1, 0.15) is 16.9 Å². The molecular weight excluding hydrogens is 232 g/mol. The first-order valence-electron chi connectivity index (χ1n) is 5.44. The summed E-state index contributed by atoms with van der Waals surface area (Å²) < 4.78 is 6.98. The third-order valence-corrected chi connectivity index (χ3v) is 2.72. The molecule has 0 atom stereocenters. The van der Waals surface area contributed by atoms with Gasteiger partial charge >= 0.3 is 5.63 Å². The number of fused-ring (bicyclic) bond motifs is 1. The quantitative estimate of drug-likeness (QED) is 0.743. The normalized spacial score (nSPS) is 10.9. The Labute approximate surface area is 102 Å². The molecule has 5 heteroatoms. The highest BCUT2D eigenvalue weighted by molar-refractivity contribution is 5.86. The molecule has 3 aromatic rings. The Morgan fingerprint density at radius 3 is 3.06 bits per heavy atom. The number of hydrogen-bond donors (Lipinski definition) is 1. The topological polar surface area (TPSA) is 68.3 Å². The van der Waals surface area contributed by atoms with E-state index in [-0.39, 0.29) is 11.1 Å². The van der Waals surface area contributed by atoms with Gasteiger partial charge in [-0.15, -0.1) is 0 Å². The van der Waals surface area contributed by atoms with E-state index in [2.05, 4.69) is 4.98 Å². The molecular formula is C13H10N2O3. The summed E-state index contributed by atoms with van der Waals surface area (Å²) in [4.78, 5) is 15.7. The predicted octanol–water partition coefficient (Wildman–Crippen LogP) is 1.74. The average Bonchev–Trinajstić information content (AvgIpc) is 2.81. The Kier molecular flexibility index (Phi) is 2.37. The van der Waals surface area contributed by atoms with Crippen molar-refractivity contribution in [3.8, 4) is 5.75 Å². The lowest BCUT2D eigenvalue weighted by atomic mass is 10.1. The molecule has 0 aliphatic rings. The van der Waals surface area contributed by atoms with E-state index in [1.54, 1.807) is 41.5 Å². The number of hydrogen-bond acceptors (Lipinski definition) is 4. The van der Waals surface area contributed by atoms with Gasteiger partial charge in [0.25, 0.3) is 0 Å². The number of rotatable bonds is 2. The zero-order valence-corrected chi connectivity index (χ0v) is 9.41. The first-order chi connectivity index (χ1) is 8.74. The van der Waals surface area contributed by atoms with Crippen molar-refractivity contribution in [2.45, 2.75) is 6.54 Å². The Balaban J connectivity index is 2.13. The number of benzene rings is 1. The highest BCUT2D eigenvalue weighted by atomic mass is 16.4. The van der Waals surface area contributed by atoms with E-state index in [1.165, 1.54) is 6.07 Å². The number of nitrogens with zero attached hydrogens (tertiary/aromatic N) is 2. The third kappa shape index (κ3) is 1.75. The molecule has 3 rings (SSSR count). The van der Waals surface area contributed by atoms with Crippen molar-refractivity contribution in [1.82, 2.24) is 9.55 Å². The Morgan fingerprint density at radius 1 is 1.39 bits per heavy atom. The van der Waals surface area contributed by atoms with E-state index < -0.39 is 5.63 Å². The fourth-order valence-corrected chi connectivity index (χ4v) is 1.91. The highest BCUT2D eigenvalue weighted by Gasteiger charge is 2.08. The van der Waals surface area contributed by atoms with Gasteiger partial charge in [-0.3, -0.25) is 0 Å². The van der Waals surface area contributed by atoms with Crippen LogP contribution in [0.25, 0.3) is 10.8 Å². The Bertz CT molecular complexity index is 745. The van der Waals surface area contributed by atoms with Crippen molar-refractivity contribution in [2.75, 3.05) is 0 Å². The van der Waals surface area contributed by atoms with Crippen LogP contribution in [0.15, 0.2) is 52.2 Å². The summed E-state index contributed by atoms with van der Waals surface area (Å²) in [7, 11) is 0. The summed E-state index contributed by atoms with van der Waals surface area (Å²) in [6, 6.07) is 6.67. The molecule has 0 fully saturated rings. The monoisotopic (exact) mass is 242 g/mol. The van der Waals surface area contributed by atoms with Crippen LogP contribution in [0.4, 0.5) is 0 Å². The molecule has 0 amide bonds. The summed E-state index contributed by atoms with van der Waals surface area (Å²) in [6.45, 7) is 0.431. The Hall–Kier alpha value is -2.56. The van der Waals surface area contributed by atoms with Crippen LogP contribution in [0.5, 0.6) is 5.75 Å². The molecule has 2 aromatic heterocycles. The fraction of sp³-hybridized carbons (Fsp3) is 0.0769. The summed E-state index contributed by atoms with van der Waals surface area (Å²) >= 11 is 0. The smallest absolute Gasteiger partial charge is 0.347 e. The lowest BCUT2D eigenvalue weighted by Gasteiger charge is -2.04. The minimum absolute atomic E-state index is 0.0598. The second-order valence-electron chi connectivity index (χ2n) is 3.98.